The average molecular weight is 357 g/mol. The van der Waals surface area contributed by atoms with Crippen molar-refractivity contribution < 1.29 is 19.5 Å². The highest BCUT2D eigenvalue weighted by atomic mass is 16.4. The van der Waals surface area contributed by atoms with Gasteiger partial charge in [-0.15, -0.1) is 0 Å². The van der Waals surface area contributed by atoms with Crippen LogP contribution in [0.3, 0.4) is 0 Å². The van der Waals surface area contributed by atoms with E-state index in [9.17, 15) is 14.4 Å². The Hall–Kier alpha value is -2.67. The van der Waals surface area contributed by atoms with Gasteiger partial charge >= 0.3 is 5.97 Å². The summed E-state index contributed by atoms with van der Waals surface area (Å²) in [6, 6.07) is 7.00. The lowest BCUT2D eigenvalue weighted by atomic mass is 10.1. The molecule has 0 aliphatic carbocycles. The van der Waals surface area contributed by atoms with E-state index in [0.717, 1.165) is 19.6 Å². The zero-order valence-corrected chi connectivity index (χ0v) is 14.6. The Balaban J connectivity index is 1.68. The molecule has 0 radical (unpaired) electrons. The number of aromatic nitrogens is 1. The van der Waals surface area contributed by atoms with E-state index in [4.69, 9.17) is 5.11 Å². The molecule has 26 heavy (non-hydrogen) atoms. The Morgan fingerprint density at radius 1 is 1.08 bits per heavy atom. The highest BCUT2D eigenvalue weighted by Crippen LogP contribution is 2.22. The minimum Gasteiger partial charge on any atom is -0.480 e. The third kappa shape index (κ3) is 4.11. The van der Waals surface area contributed by atoms with Crippen LogP contribution in [-0.2, 0) is 16.1 Å². The molecule has 0 atom stereocenters. The number of likely N-dealkylation sites (tertiary alicyclic amines) is 1. The van der Waals surface area contributed by atoms with Gasteiger partial charge in [-0.25, -0.2) is 0 Å². The van der Waals surface area contributed by atoms with Crippen molar-refractivity contribution in [1.29, 1.82) is 0 Å². The summed E-state index contributed by atoms with van der Waals surface area (Å²) in [5.74, 6) is -2.29. The van der Waals surface area contributed by atoms with Crippen LogP contribution in [0.25, 0.3) is 10.9 Å². The fourth-order valence-electron chi connectivity index (χ4n) is 3.42. The van der Waals surface area contributed by atoms with Gasteiger partial charge in [0.25, 0.3) is 11.7 Å². The number of nitrogens with one attached hydrogen (secondary N) is 1. The number of carboxylic acid groups (broad SMARTS) is 1. The van der Waals surface area contributed by atoms with Gasteiger partial charge in [-0.1, -0.05) is 24.6 Å². The Morgan fingerprint density at radius 2 is 1.81 bits per heavy atom. The molecule has 0 spiro atoms. The molecule has 0 saturated carbocycles. The van der Waals surface area contributed by atoms with Crippen molar-refractivity contribution >= 4 is 28.6 Å². The first-order valence-electron chi connectivity index (χ1n) is 8.91. The van der Waals surface area contributed by atoms with Gasteiger partial charge in [0, 0.05) is 30.2 Å². The third-order valence-corrected chi connectivity index (χ3v) is 4.71. The lowest BCUT2D eigenvalue weighted by Crippen LogP contribution is -2.39. The summed E-state index contributed by atoms with van der Waals surface area (Å²) in [5, 5.41) is 12.3. The summed E-state index contributed by atoms with van der Waals surface area (Å²) < 4.78 is 1.48. The first-order chi connectivity index (χ1) is 12.6. The Bertz CT molecular complexity index is 821. The molecule has 3 rings (SSSR count). The largest absolute Gasteiger partial charge is 0.480 e. The summed E-state index contributed by atoms with van der Waals surface area (Å²) in [7, 11) is 0. The predicted octanol–water partition coefficient (Wildman–Crippen LogP) is 1.51. The number of benzene rings is 1. The SMILES string of the molecule is O=C(O)Cn1cc(C(=O)C(=O)NCCN2CCCCC2)c2ccccc21. The molecule has 7 heteroatoms. The van der Waals surface area contributed by atoms with Crippen LogP contribution in [0.2, 0.25) is 0 Å². The fourth-order valence-corrected chi connectivity index (χ4v) is 3.42. The summed E-state index contributed by atoms with van der Waals surface area (Å²) in [5.41, 5.74) is 0.858. The number of nitrogens with zero attached hydrogens (tertiary/aromatic N) is 2. The van der Waals surface area contributed by atoms with Crippen LogP contribution in [0, 0.1) is 0 Å². The standard InChI is InChI=1S/C19H23N3O4/c23-17(24)13-22-12-15(14-6-2-3-7-16(14)22)18(25)19(26)20-8-11-21-9-4-1-5-10-21/h2-3,6-7,12H,1,4-5,8-11,13H2,(H,20,26)(H,23,24). The molecule has 1 aliphatic rings. The zero-order valence-electron chi connectivity index (χ0n) is 14.6. The minimum absolute atomic E-state index is 0.234. The zero-order chi connectivity index (χ0) is 18.5. The molecule has 1 fully saturated rings. The first-order valence-corrected chi connectivity index (χ1v) is 8.91. The van der Waals surface area contributed by atoms with Gasteiger partial charge in [0.2, 0.25) is 0 Å². The van der Waals surface area contributed by atoms with E-state index in [-0.39, 0.29) is 12.1 Å². The quantitative estimate of drug-likeness (QED) is 0.579. The molecule has 0 bridgehead atoms. The Labute approximate surface area is 151 Å². The van der Waals surface area contributed by atoms with Crippen LogP contribution in [0.15, 0.2) is 30.5 Å². The maximum Gasteiger partial charge on any atom is 0.323 e. The van der Waals surface area contributed by atoms with Gasteiger partial charge in [-0.05, 0) is 32.0 Å². The molecule has 2 heterocycles. The lowest BCUT2D eigenvalue weighted by Gasteiger charge is -2.26. The maximum absolute atomic E-state index is 12.6. The second kappa shape index (κ2) is 8.14. The molecule has 1 aliphatic heterocycles. The van der Waals surface area contributed by atoms with Gasteiger partial charge in [0.15, 0.2) is 0 Å². The molecule has 2 N–H and O–H groups in total. The maximum atomic E-state index is 12.6. The van der Waals surface area contributed by atoms with Crippen molar-refractivity contribution in [3.8, 4) is 0 Å². The van der Waals surface area contributed by atoms with Gasteiger partial charge in [0.05, 0.1) is 5.56 Å². The topological polar surface area (TPSA) is 91.6 Å². The minimum atomic E-state index is -1.00. The number of carbonyl (C=O) groups excluding carboxylic acids is 2. The summed E-state index contributed by atoms with van der Waals surface area (Å²) in [4.78, 5) is 38.1. The van der Waals surface area contributed by atoms with Gasteiger partial charge < -0.3 is 19.9 Å². The van der Waals surface area contributed by atoms with Gasteiger partial charge in [0.1, 0.15) is 6.54 Å². The lowest BCUT2D eigenvalue weighted by molar-refractivity contribution is -0.137. The van der Waals surface area contributed by atoms with E-state index in [2.05, 4.69) is 10.2 Å². The first kappa shape index (κ1) is 18.1. The molecule has 138 valence electrons. The smallest absolute Gasteiger partial charge is 0.323 e. The summed E-state index contributed by atoms with van der Waals surface area (Å²) in [6.07, 6.45) is 5.05. The number of Topliss-reactive ketones (excluding diaryl/α,β-unsaturated/α-hetero) is 1. The van der Waals surface area contributed by atoms with E-state index >= 15 is 0 Å². The molecule has 1 amide bonds. The van der Waals surface area contributed by atoms with E-state index < -0.39 is 17.7 Å². The van der Waals surface area contributed by atoms with E-state index in [1.54, 1.807) is 24.3 Å². The van der Waals surface area contributed by atoms with Crippen LogP contribution in [0.4, 0.5) is 0 Å². The van der Waals surface area contributed by atoms with Crippen molar-refractivity contribution in [2.24, 2.45) is 0 Å². The number of aliphatic carboxylic acids is 1. The van der Waals surface area contributed by atoms with Crippen molar-refractivity contribution in [2.75, 3.05) is 26.2 Å². The highest BCUT2D eigenvalue weighted by molar-refractivity contribution is 6.45. The second-order valence-corrected chi connectivity index (χ2v) is 6.57. The number of ketones is 1. The van der Waals surface area contributed by atoms with E-state index in [1.165, 1.54) is 30.0 Å². The Morgan fingerprint density at radius 3 is 2.54 bits per heavy atom. The van der Waals surface area contributed by atoms with Crippen molar-refractivity contribution in [3.05, 3.63) is 36.0 Å². The molecule has 2 aromatic rings. The Kier molecular flexibility index (Phi) is 5.68. The molecule has 7 nitrogen and oxygen atoms in total. The van der Waals surface area contributed by atoms with Gasteiger partial charge in [-0.2, -0.15) is 0 Å². The van der Waals surface area contributed by atoms with Crippen molar-refractivity contribution in [1.82, 2.24) is 14.8 Å². The fraction of sp³-hybridized carbons (Fsp3) is 0.421. The monoisotopic (exact) mass is 357 g/mol. The number of hydrogen-bond acceptors (Lipinski definition) is 4. The van der Waals surface area contributed by atoms with E-state index in [0.29, 0.717) is 17.4 Å². The summed E-state index contributed by atoms with van der Waals surface area (Å²) >= 11 is 0. The number of carbonyl (C=O) groups is 3. The van der Waals surface area contributed by atoms with Crippen LogP contribution in [0.5, 0.6) is 0 Å². The number of fused-ring (bicyclic) bond motifs is 1. The molecule has 1 aromatic heterocycles. The predicted molar refractivity (Wildman–Crippen MR) is 97.2 cm³/mol. The van der Waals surface area contributed by atoms with Crippen LogP contribution >= 0.6 is 0 Å². The number of amides is 1. The number of carboxylic acids is 1. The van der Waals surface area contributed by atoms with Crippen LogP contribution in [0.1, 0.15) is 29.6 Å². The van der Waals surface area contributed by atoms with Crippen LogP contribution < -0.4 is 5.32 Å². The van der Waals surface area contributed by atoms with Crippen molar-refractivity contribution in [3.63, 3.8) is 0 Å². The number of rotatable bonds is 7. The number of piperidine rings is 1. The molecular weight excluding hydrogens is 334 g/mol. The molecule has 0 unspecified atom stereocenters. The third-order valence-electron chi connectivity index (χ3n) is 4.71. The molecule has 1 aromatic carbocycles. The van der Waals surface area contributed by atoms with Crippen LogP contribution in [-0.4, -0.2) is 58.4 Å². The molecule has 1 saturated heterocycles. The van der Waals surface area contributed by atoms with E-state index in [1.807, 2.05) is 0 Å². The van der Waals surface area contributed by atoms with Crippen molar-refractivity contribution in [2.45, 2.75) is 25.8 Å². The highest BCUT2D eigenvalue weighted by Gasteiger charge is 2.22. The summed E-state index contributed by atoms with van der Waals surface area (Å²) in [6.45, 7) is 2.97. The average Bonchev–Trinajstić information content (AvgIpc) is 3.00. The van der Waals surface area contributed by atoms with Gasteiger partial charge in [-0.3, -0.25) is 14.4 Å². The number of hydrogen-bond donors (Lipinski definition) is 2. The second-order valence-electron chi connectivity index (χ2n) is 6.57. The number of para-hydroxylation sites is 1. The molecular formula is C19H23N3O4. The normalized spacial score (nSPS) is 15.1.